The maximum atomic E-state index is 11.1. The van der Waals surface area contributed by atoms with Crippen molar-refractivity contribution in [1.29, 1.82) is 0 Å². The molecule has 6 heteroatoms. The molecule has 1 aliphatic heterocycles. The molecule has 0 amide bonds. The van der Waals surface area contributed by atoms with Gasteiger partial charge in [-0.15, -0.1) is 0 Å². The fraction of sp³-hybridized carbons (Fsp3) is 0.921. The lowest BCUT2D eigenvalue weighted by Gasteiger charge is -2.20. The highest BCUT2D eigenvalue weighted by Crippen LogP contribution is 2.21. The molecule has 1 saturated heterocycles. The molecule has 0 radical (unpaired) electrons. The van der Waals surface area contributed by atoms with Crippen LogP contribution in [0.15, 0.2) is 12.2 Å². The van der Waals surface area contributed by atoms with Crippen molar-refractivity contribution in [1.82, 2.24) is 4.90 Å². The average molecular weight is 624 g/mol. The van der Waals surface area contributed by atoms with Crippen molar-refractivity contribution in [3.8, 4) is 0 Å². The Morgan fingerprint density at radius 2 is 1.27 bits per heavy atom. The van der Waals surface area contributed by atoms with E-state index in [9.17, 15) is 4.79 Å². The van der Waals surface area contributed by atoms with Gasteiger partial charge < -0.3 is 24.2 Å². The molecular weight excluding hydrogens is 550 g/mol. The van der Waals surface area contributed by atoms with Gasteiger partial charge in [-0.2, -0.15) is 0 Å². The summed E-state index contributed by atoms with van der Waals surface area (Å²) in [4.78, 5) is 13.4. The first kappa shape index (κ1) is 40.9. The fourth-order valence-electron chi connectivity index (χ4n) is 6.24. The molecule has 3 atom stereocenters. The van der Waals surface area contributed by atoms with Crippen LogP contribution < -0.4 is 0 Å². The molecular formula is C38H73NO5. The minimum atomic E-state index is -1.12. The number of allylic oxidation sites excluding steroid dienone is 1. The van der Waals surface area contributed by atoms with Gasteiger partial charge in [0.15, 0.2) is 6.29 Å². The van der Waals surface area contributed by atoms with Crippen LogP contribution in [0.3, 0.4) is 0 Å². The minimum Gasteiger partial charge on any atom is -0.450 e. The van der Waals surface area contributed by atoms with Crippen LogP contribution in [-0.2, 0) is 14.2 Å². The number of carbonyl (C=O) groups is 1. The van der Waals surface area contributed by atoms with E-state index >= 15 is 0 Å². The number of unbranched alkanes of at least 4 members (excludes halogenated alkanes) is 18. The van der Waals surface area contributed by atoms with E-state index in [0.29, 0.717) is 0 Å². The smallest absolute Gasteiger partial charge is 0.450 e. The first-order valence-electron chi connectivity index (χ1n) is 19.0. The molecule has 6 nitrogen and oxygen atoms in total. The predicted octanol–water partition coefficient (Wildman–Crippen LogP) is 11.5. The van der Waals surface area contributed by atoms with Gasteiger partial charge in [-0.05, 0) is 84.8 Å². The second-order valence-corrected chi connectivity index (χ2v) is 13.6. The number of hydrogen-bond acceptors (Lipinski definition) is 5. The fourth-order valence-corrected chi connectivity index (χ4v) is 6.24. The van der Waals surface area contributed by atoms with Gasteiger partial charge in [-0.25, -0.2) is 4.79 Å². The lowest BCUT2D eigenvalue weighted by Crippen LogP contribution is -2.21. The SMILES string of the molecule is CCCCCCCCCCC(CCCCCCC/C=C\CC(CCCCCCCCCN(C)C)OC1CCCO1)OC(=O)O. The molecule has 44 heavy (non-hydrogen) atoms. The van der Waals surface area contributed by atoms with Crippen molar-refractivity contribution in [2.24, 2.45) is 0 Å². The lowest BCUT2D eigenvalue weighted by molar-refractivity contribution is -0.144. The molecule has 1 rings (SSSR count). The van der Waals surface area contributed by atoms with Gasteiger partial charge in [0.1, 0.15) is 6.10 Å². The molecule has 0 aromatic carbocycles. The van der Waals surface area contributed by atoms with Gasteiger partial charge in [0, 0.05) is 13.0 Å². The summed E-state index contributed by atoms with van der Waals surface area (Å²) in [7, 11) is 4.31. The maximum absolute atomic E-state index is 11.1. The second-order valence-electron chi connectivity index (χ2n) is 13.6. The van der Waals surface area contributed by atoms with E-state index in [1.807, 2.05) is 0 Å². The average Bonchev–Trinajstić information content (AvgIpc) is 3.50. The summed E-state index contributed by atoms with van der Waals surface area (Å²) >= 11 is 0. The van der Waals surface area contributed by atoms with E-state index in [1.54, 1.807) is 0 Å². The zero-order chi connectivity index (χ0) is 31.9. The topological polar surface area (TPSA) is 68.2 Å². The Hall–Kier alpha value is -1.11. The van der Waals surface area contributed by atoms with Gasteiger partial charge in [0.25, 0.3) is 0 Å². The summed E-state index contributed by atoms with van der Waals surface area (Å²) in [5.74, 6) is 0. The van der Waals surface area contributed by atoms with Crippen molar-refractivity contribution >= 4 is 6.16 Å². The normalized spacial score (nSPS) is 16.7. The third kappa shape index (κ3) is 27.2. The Balaban J connectivity index is 2.11. The predicted molar refractivity (Wildman–Crippen MR) is 186 cm³/mol. The van der Waals surface area contributed by atoms with E-state index < -0.39 is 6.16 Å². The number of hydrogen-bond donors (Lipinski definition) is 1. The summed E-state index contributed by atoms with van der Waals surface area (Å²) in [6.07, 6.45) is 36.2. The van der Waals surface area contributed by atoms with Crippen LogP contribution in [0.2, 0.25) is 0 Å². The molecule has 260 valence electrons. The van der Waals surface area contributed by atoms with Crippen LogP contribution in [-0.4, -0.2) is 61.9 Å². The molecule has 0 bridgehead atoms. The Morgan fingerprint density at radius 3 is 1.80 bits per heavy atom. The molecule has 3 unspecified atom stereocenters. The third-order valence-corrected chi connectivity index (χ3v) is 8.97. The second kappa shape index (κ2) is 30.5. The van der Waals surface area contributed by atoms with E-state index in [2.05, 4.69) is 38.1 Å². The third-order valence-electron chi connectivity index (χ3n) is 8.97. The molecule has 1 aliphatic rings. The molecule has 1 N–H and O–H groups in total. The minimum absolute atomic E-state index is 0.00548. The highest BCUT2D eigenvalue weighted by Gasteiger charge is 2.20. The van der Waals surface area contributed by atoms with Gasteiger partial charge in [-0.1, -0.05) is 122 Å². The van der Waals surface area contributed by atoms with Crippen molar-refractivity contribution in [2.75, 3.05) is 27.2 Å². The highest BCUT2D eigenvalue weighted by molar-refractivity contribution is 5.57. The van der Waals surface area contributed by atoms with Crippen LogP contribution in [0, 0.1) is 0 Å². The van der Waals surface area contributed by atoms with E-state index in [1.165, 1.54) is 116 Å². The largest absolute Gasteiger partial charge is 0.506 e. The number of rotatable bonds is 32. The summed E-state index contributed by atoms with van der Waals surface area (Å²) in [6, 6.07) is 0. The van der Waals surface area contributed by atoms with Gasteiger partial charge >= 0.3 is 6.16 Å². The first-order valence-corrected chi connectivity index (χ1v) is 19.0. The van der Waals surface area contributed by atoms with E-state index in [-0.39, 0.29) is 18.5 Å². The molecule has 1 fully saturated rings. The summed E-state index contributed by atoms with van der Waals surface area (Å²) < 4.78 is 17.3. The molecule has 0 aromatic heterocycles. The van der Waals surface area contributed by atoms with E-state index in [4.69, 9.17) is 19.3 Å². The van der Waals surface area contributed by atoms with Crippen molar-refractivity contribution in [3.63, 3.8) is 0 Å². The van der Waals surface area contributed by atoms with Crippen molar-refractivity contribution in [2.45, 2.75) is 199 Å². The quantitative estimate of drug-likeness (QED) is 0.0457. The van der Waals surface area contributed by atoms with Crippen LogP contribution in [0.5, 0.6) is 0 Å². The van der Waals surface area contributed by atoms with Crippen molar-refractivity contribution in [3.05, 3.63) is 12.2 Å². The zero-order valence-corrected chi connectivity index (χ0v) is 29.4. The van der Waals surface area contributed by atoms with Gasteiger partial charge in [0.2, 0.25) is 0 Å². The molecule has 0 aliphatic carbocycles. The molecule has 0 spiro atoms. The molecule has 1 heterocycles. The van der Waals surface area contributed by atoms with E-state index in [0.717, 1.165) is 70.8 Å². The van der Waals surface area contributed by atoms with Crippen molar-refractivity contribution < 1.29 is 24.1 Å². The highest BCUT2D eigenvalue weighted by atomic mass is 16.7. The number of carboxylic acid groups (broad SMARTS) is 1. The summed E-state index contributed by atoms with van der Waals surface area (Å²) in [6.45, 7) is 4.30. The summed E-state index contributed by atoms with van der Waals surface area (Å²) in [5.41, 5.74) is 0. The number of ether oxygens (including phenoxy) is 3. The molecule has 0 saturated carbocycles. The van der Waals surface area contributed by atoms with Crippen LogP contribution in [0.1, 0.15) is 180 Å². The Kier molecular flexibility index (Phi) is 28.4. The number of nitrogens with zero attached hydrogens (tertiary/aromatic N) is 1. The Bertz CT molecular complexity index is 649. The van der Waals surface area contributed by atoms with Gasteiger partial charge in [0.05, 0.1) is 6.10 Å². The van der Waals surface area contributed by atoms with Crippen LogP contribution in [0.4, 0.5) is 4.79 Å². The summed E-state index contributed by atoms with van der Waals surface area (Å²) in [5, 5.41) is 9.12. The van der Waals surface area contributed by atoms with Crippen LogP contribution >= 0.6 is 0 Å². The monoisotopic (exact) mass is 624 g/mol. The first-order chi connectivity index (χ1) is 21.5. The Labute approximate surface area is 273 Å². The molecule has 0 aromatic rings. The van der Waals surface area contributed by atoms with Crippen LogP contribution in [0.25, 0.3) is 0 Å². The maximum Gasteiger partial charge on any atom is 0.506 e. The Morgan fingerprint density at radius 1 is 0.750 bits per heavy atom. The van der Waals surface area contributed by atoms with Gasteiger partial charge in [-0.3, -0.25) is 0 Å². The lowest BCUT2D eigenvalue weighted by atomic mass is 10.0. The standard InChI is InChI=1S/C38H73NO5/c1-4-5-6-7-8-12-19-24-30-36(44-38(40)41)31-25-20-14-10-9-13-17-22-28-35(43-37-32-27-34-42-37)29-23-18-15-11-16-21-26-33-39(2)3/h17,22,35-37H,4-16,18-21,23-34H2,1-3H3,(H,40,41)/b22-17-. The zero-order valence-electron chi connectivity index (χ0n) is 29.4.